The van der Waals surface area contributed by atoms with Crippen LogP contribution >= 0.6 is 0 Å². The first-order valence-corrected chi connectivity index (χ1v) is 9.63. The maximum atomic E-state index is 3.79. The van der Waals surface area contributed by atoms with E-state index in [-0.39, 0.29) is 0 Å². The molecule has 0 amide bonds. The molecular weight excluding hydrogens is 256 g/mol. The first-order valence-electron chi connectivity index (χ1n) is 9.63. The summed E-state index contributed by atoms with van der Waals surface area (Å²) in [6, 6.07) is 1.62. The lowest BCUT2D eigenvalue weighted by Gasteiger charge is -2.60. The van der Waals surface area contributed by atoms with Crippen molar-refractivity contribution in [2.45, 2.75) is 76.8 Å². The van der Waals surface area contributed by atoms with Crippen LogP contribution in [-0.4, -0.2) is 37.1 Å². The van der Waals surface area contributed by atoms with Crippen LogP contribution < -0.4 is 5.32 Å². The highest BCUT2D eigenvalue weighted by Gasteiger charge is 2.54. The fourth-order valence-corrected chi connectivity index (χ4v) is 7.03. The van der Waals surface area contributed by atoms with Crippen LogP contribution in [0.5, 0.6) is 0 Å². The topological polar surface area (TPSA) is 15.3 Å². The Hall–Kier alpha value is -0.0800. The van der Waals surface area contributed by atoms with E-state index in [2.05, 4.69) is 24.2 Å². The highest BCUT2D eigenvalue weighted by Crippen LogP contribution is 2.61. The summed E-state index contributed by atoms with van der Waals surface area (Å²) < 4.78 is 0. The molecule has 0 spiro atoms. The highest BCUT2D eigenvalue weighted by molar-refractivity contribution is 5.07. The van der Waals surface area contributed by atoms with Crippen molar-refractivity contribution in [3.8, 4) is 0 Å². The van der Waals surface area contributed by atoms with Gasteiger partial charge in [0, 0.05) is 18.6 Å². The molecule has 21 heavy (non-hydrogen) atoms. The van der Waals surface area contributed by atoms with Gasteiger partial charge in [-0.05, 0) is 94.5 Å². The summed E-state index contributed by atoms with van der Waals surface area (Å²) in [4.78, 5) is 2.82. The molecular formula is C19H34N2. The monoisotopic (exact) mass is 290 g/mol. The number of hydrogen-bond acceptors (Lipinski definition) is 2. The van der Waals surface area contributed by atoms with Gasteiger partial charge in [0.25, 0.3) is 0 Å². The maximum Gasteiger partial charge on any atom is 0.0248 e. The van der Waals surface area contributed by atoms with E-state index < -0.39 is 0 Å². The number of rotatable bonds is 5. The van der Waals surface area contributed by atoms with Crippen LogP contribution in [0.1, 0.15) is 64.7 Å². The first kappa shape index (κ1) is 14.5. The van der Waals surface area contributed by atoms with Crippen molar-refractivity contribution < 1.29 is 0 Å². The van der Waals surface area contributed by atoms with Crippen LogP contribution in [0.15, 0.2) is 0 Å². The number of likely N-dealkylation sites (N-methyl/N-ethyl adjacent to an activating group) is 1. The minimum Gasteiger partial charge on any atom is -0.315 e. The third-order valence-corrected chi connectivity index (χ3v) is 7.56. The second-order valence-corrected chi connectivity index (χ2v) is 8.82. The Morgan fingerprint density at radius 2 is 1.71 bits per heavy atom. The summed E-state index contributed by atoms with van der Waals surface area (Å²) in [7, 11) is 2.24. The summed E-state index contributed by atoms with van der Waals surface area (Å²) in [5, 5.41) is 3.79. The quantitative estimate of drug-likeness (QED) is 0.831. The van der Waals surface area contributed by atoms with Gasteiger partial charge in [0.1, 0.15) is 0 Å². The predicted molar refractivity (Wildman–Crippen MR) is 88.3 cm³/mol. The maximum absolute atomic E-state index is 3.79. The molecule has 4 bridgehead atoms. The zero-order valence-electron chi connectivity index (χ0n) is 14.1. The Morgan fingerprint density at radius 3 is 2.24 bits per heavy atom. The van der Waals surface area contributed by atoms with E-state index >= 15 is 0 Å². The minimum atomic E-state index is 0.657. The van der Waals surface area contributed by atoms with Gasteiger partial charge < -0.3 is 5.32 Å². The Kier molecular flexibility index (Phi) is 3.82. The van der Waals surface area contributed by atoms with Crippen LogP contribution in [0.3, 0.4) is 0 Å². The third kappa shape index (κ3) is 2.47. The summed E-state index contributed by atoms with van der Waals surface area (Å²) in [6.45, 7) is 5.05. The normalized spacial score (nSPS) is 47.1. The zero-order valence-corrected chi connectivity index (χ0v) is 14.1. The second kappa shape index (κ2) is 5.53. The molecule has 0 aromatic heterocycles. The van der Waals surface area contributed by atoms with Crippen LogP contribution in [0, 0.1) is 23.2 Å². The number of nitrogens with one attached hydrogen (secondary N) is 1. The van der Waals surface area contributed by atoms with Crippen molar-refractivity contribution in [1.82, 2.24) is 10.2 Å². The lowest BCUT2D eigenvalue weighted by Crippen LogP contribution is -2.58. The Morgan fingerprint density at radius 1 is 1.10 bits per heavy atom. The van der Waals surface area contributed by atoms with Gasteiger partial charge in [-0.25, -0.2) is 0 Å². The van der Waals surface area contributed by atoms with Crippen molar-refractivity contribution in [2.75, 3.05) is 20.1 Å². The van der Waals surface area contributed by atoms with E-state index in [0.29, 0.717) is 5.41 Å². The highest BCUT2D eigenvalue weighted by atomic mass is 15.2. The third-order valence-electron chi connectivity index (χ3n) is 7.56. The standard InChI is InChI=1S/C19H34N2/c1-3-17-5-4-6-21(17)13-18(20-2)19-10-14-7-15(11-19)9-16(8-14)12-19/h14-18,20H,3-13H2,1-2H3. The molecule has 1 saturated heterocycles. The largest absolute Gasteiger partial charge is 0.315 e. The van der Waals surface area contributed by atoms with Gasteiger partial charge in [0.15, 0.2) is 0 Å². The van der Waals surface area contributed by atoms with E-state index in [1.807, 2.05) is 0 Å². The Labute approximate surface area is 131 Å². The summed E-state index contributed by atoms with van der Waals surface area (Å²) in [6.07, 6.45) is 13.5. The molecule has 120 valence electrons. The van der Waals surface area contributed by atoms with E-state index in [1.165, 1.54) is 51.6 Å². The van der Waals surface area contributed by atoms with Crippen molar-refractivity contribution in [2.24, 2.45) is 23.2 Å². The summed E-state index contributed by atoms with van der Waals surface area (Å²) >= 11 is 0. The summed E-state index contributed by atoms with van der Waals surface area (Å²) in [5.41, 5.74) is 0.657. The molecule has 0 radical (unpaired) electrons. The average molecular weight is 290 g/mol. The molecule has 2 atom stereocenters. The molecule has 0 aromatic rings. The van der Waals surface area contributed by atoms with Crippen molar-refractivity contribution >= 4 is 0 Å². The molecule has 1 N–H and O–H groups in total. The predicted octanol–water partition coefficient (Wildman–Crippen LogP) is 3.67. The van der Waals surface area contributed by atoms with E-state index in [1.54, 1.807) is 19.3 Å². The summed E-state index contributed by atoms with van der Waals surface area (Å²) in [5.74, 6) is 3.23. The fraction of sp³-hybridized carbons (Fsp3) is 1.00. The first-order chi connectivity index (χ1) is 10.2. The van der Waals surface area contributed by atoms with Crippen LogP contribution in [0.25, 0.3) is 0 Å². The molecule has 1 aliphatic heterocycles. The fourth-order valence-electron chi connectivity index (χ4n) is 7.03. The van der Waals surface area contributed by atoms with Gasteiger partial charge in [0.05, 0.1) is 0 Å². The lowest BCUT2D eigenvalue weighted by atomic mass is 9.47. The Bertz CT molecular complexity index is 342. The van der Waals surface area contributed by atoms with Gasteiger partial charge in [-0.1, -0.05) is 6.92 Å². The van der Waals surface area contributed by atoms with E-state index in [4.69, 9.17) is 0 Å². The molecule has 2 nitrogen and oxygen atoms in total. The molecule has 2 heteroatoms. The Balaban J connectivity index is 1.50. The van der Waals surface area contributed by atoms with Gasteiger partial charge in [-0.15, -0.1) is 0 Å². The average Bonchev–Trinajstić information content (AvgIpc) is 2.90. The molecule has 4 saturated carbocycles. The lowest BCUT2D eigenvalue weighted by molar-refractivity contribution is -0.0780. The number of nitrogens with zero attached hydrogens (tertiary/aromatic N) is 1. The second-order valence-electron chi connectivity index (χ2n) is 8.82. The van der Waals surface area contributed by atoms with Crippen molar-refractivity contribution in [3.05, 3.63) is 0 Å². The SMILES string of the molecule is CCC1CCCN1CC(NC)C12CC3CC(CC(C3)C1)C2. The molecule has 2 unspecified atom stereocenters. The molecule has 5 aliphatic rings. The van der Waals surface area contributed by atoms with Gasteiger partial charge >= 0.3 is 0 Å². The molecule has 5 rings (SSSR count). The van der Waals surface area contributed by atoms with E-state index in [9.17, 15) is 0 Å². The van der Waals surface area contributed by atoms with Crippen molar-refractivity contribution in [3.63, 3.8) is 0 Å². The van der Waals surface area contributed by atoms with Crippen LogP contribution in [0.4, 0.5) is 0 Å². The molecule has 5 fully saturated rings. The molecule has 0 aromatic carbocycles. The molecule has 1 heterocycles. The van der Waals surface area contributed by atoms with Gasteiger partial charge in [-0.3, -0.25) is 4.90 Å². The van der Waals surface area contributed by atoms with Crippen molar-refractivity contribution in [1.29, 1.82) is 0 Å². The number of likely N-dealkylation sites (tertiary alicyclic amines) is 1. The number of hydrogen-bond donors (Lipinski definition) is 1. The molecule has 4 aliphatic carbocycles. The van der Waals surface area contributed by atoms with E-state index in [0.717, 1.165) is 29.8 Å². The van der Waals surface area contributed by atoms with Gasteiger partial charge in [-0.2, -0.15) is 0 Å². The minimum absolute atomic E-state index is 0.657. The smallest absolute Gasteiger partial charge is 0.0248 e. The zero-order chi connectivity index (χ0) is 14.4. The van der Waals surface area contributed by atoms with Crippen LogP contribution in [0.2, 0.25) is 0 Å². The van der Waals surface area contributed by atoms with Crippen LogP contribution in [-0.2, 0) is 0 Å². The van der Waals surface area contributed by atoms with Gasteiger partial charge in [0.2, 0.25) is 0 Å².